The number of hydrogen-bond acceptors (Lipinski definition) is 3. The van der Waals surface area contributed by atoms with Gasteiger partial charge in [0.25, 0.3) is 5.91 Å². The van der Waals surface area contributed by atoms with Gasteiger partial charge in [0.1, 0.15) is 5.69 Å². The maximum Gasteiger partial charge on any atom is 0.272 e. The van der Waals surface area contributed by atoms with Crippen molar-refractivity contribution in [2.75, 3.05) is 24.5 Å². The van der Waals surface area contributed by atoms with Crippen molar-refractivity contribution in [3.63, 3.8) is 0 Å². The van der Waals surface area contributed by atoms with Crippen LogP contribution in [0.2, 0.25) is 0 Å². The Morgan fingerprint density at radius 3 is 2.54 bits per heavy atom. The van der Waals surface area contributed by atoms with E-state index < -0.39 is 0 Å². The molecule has 0 unspecified atom stereocenters. The Hall–Kier alpha value is -2.36. The quantitative estimate of drug-likeness (QED) is 0.847. The third-order valence-corrected chi connectivity index (χ3v) is 4.55. The Morgan fingerprint density at radius 2 is 1.92 bits per heavy atom. The number of carbonyl (C=O) groups is 1. The minimum atomic E-state index is 0.0554. The van der Waals surface area contributed by atoms with Gasteiger partial charge in [-0.2, -0.15) is 0 Å². The first kappa shape index (κ1) is 16.5. The third kappa shape index (κ3) is 3.58. The number of pyridine rings is 1. The van der Waals surface area contributed by atoms with E-state index in [9.17, 15) is 4.79 Å². The van der Waals surface area contributed by atoms with E-state index >= 15 is 0 Å². The molecule has 24 heavy (non-hydrogen) atoms. The first-order chi connectivity index (χ1) is 11.7. The number of aromatic nitrogens is 1. The van der Waals surface area contributed by atoms with Gasteiger partial charge >= 0.3 is 0 Å². The van der Waals surface area contributed by atoms with Gasteiger partial charge in [0.2, 0.25) is 0 Å². The molecule has 126 valence electrons. The Bertz CT molecular complexity index is 690. The SMILES string of the molecule is CCN(c1ccc(C(=O)N2CCCCC2)nc1)c1cccc(C)c1. The van der Waals surface area contributed by atoms with Crippen molar-refractivity contribution in [2.45, 2.75) is 33.1 Å². The van der Waals surface area contributed by atoms with Crippen LogP contribution in [0.15, 0.2) is 42.6 Å². The van der Waals surface area contributed by atoms with Crippen LogP contribution < -0.4 is 4.90 Å². The van der Waals surface area contributed by atoms with Crippen LogP contribution in [0.1, 0.15) is 42.2 Å². The summed E-state index contributed by atoms with van der Waals surface area (Å²) in [6.07, 6.45) is 5.22. The van der Waals surface area contributed by atoms with Crippen LogP contribution in [0.25, 0.3) is 0 Å². The number of piperidine rings is 1. The maximum atomic E-state index is 12.5. The highest BCUT2D eigenvalue weighted by atomic mass is 16.2. The molecule has 3 rings (SSSR count). The number of hydrogen-bond donors (Lipinski definition) is 0. The molecule has 1 aliphatic heterocycles. The topological polar surface area (TPSA) is 36.4 Å². The van der Waals surface area contributed by atoms with Crippen molar-refractivity contribution in [3.8, 4) is 0 Å². The smallest absolute Gasteiger partial charge is 0.272 e. The lowest BCUT2D eigenvalue weighted by Crippen LogP contribution is -2.36. The van der Waals surface area contributed by atoms with Gasteiger partial charge in [-0.05, 0) is 62.9 Å². The van der Waals surface area contributed by atoms with E-state index in [1.165, 1.54) is 12.0 Å². The number of likely N-dealkylation sites (tertiary alicyclic amines) is 1. The highest BCUT2D eigenvalue weighted by Crippen LogP contribution is 2.25. The molecule has 1 aromatic heterocycles. The number of aryl methyl sites for hydroxylation is 1. The summed E-state index contributed by atoms with van der Waals surface area (Å²) >= 11 is 0. The predicted molar refractivity (Wildman–Crippen MR) is 97.9 cm³/mol. The molecule has 0 N–H and O–H groups in total. The molecule has 2 heterocycles. The first-order valence-electron chi connectivity index (χ1n) is 8.78. The Morgan fingerprint density at radius 1 is 1.12 bits per heavy atom. The van der Waals surface area contributed by atoms with Crippen LogP contribution in [0.5, 0.6) is 0 Å². The minimum absolute atomic E-state index is 0.0554. The molecule has 1 saturated heterocycles. The number of rotatable bonds is 4. The van der Waals surface area contributed by atoms with Gasteiger partial charge in [-0.3, -0.25) is 4.79 Å². The monoisotopic (exact) mass is 323 g/mol. The highest BCUT2D eigenvalue weighted by molar-refractivity contribution is 5.92. The van der Waals surface area contributed by atoms with Crippen molar-refractivity contribution in [2.24, 2.45) is 0 Å². The van der Waals surface area contributed by atoms with Crippen LogP contribution in [0.3, 0.4) is 0 Å². The molecule has 1 aromatic carbocycles. The normalized spacial score (nSPS) is 14.5. The molecule has 4 nitrogen and oxygen atoms in total. The summed E-state index contributed by atoms with van der Waals surface area (Å²) in [5.74, 6) is 0.0554. The summed E-state index contributed by atoms with van der Waals surface area (Å²) < 4.78 is 0. The van der Waals surface area contributed by atoms with Gasteiger partial charge in [-0.15, -0.1) is 0 Å². The largest absolute Gasteiger partial charge is 0.341 e. The standard InChI is InChI=1S/C20H25N3O/c1-3-23(17-9-7-8-16(2)14-17)18-10-11-19(21-15-18)20(24)22-12-5-4-6-13-22/h7-11,14-15H,3-6,12-13H2,1-2H3. The molecular weight excluding hydrogens is 298 g/mol. The second kappa shape index (κ2) is 7.47. The van der Waals surface area contributed by atoms with Crippen LogP contribution in [0, 0.1) is 6.92 Å². The number of benzene rings is 1. The van der Waals surface area contributed by atoms with E-state index in [0.29, 0.717) is 5.69 Å². The second-order valence-electron chi connectivity index (χ2n) is 6.34. The molecule has 1 amide bonds. The number of anilines is 2. The molecule has 0 aliphatic carbocycles. The maximum absolute atomic E-state index is 12.5. The van der Waals surface area contributed by atoms with Gasteiger partial charge in [0, 0.05) is 25.3 Å². The molecular formula is C20H25N3O. The summed E-state index contributed by atoms with van der Waals surface area (Å²) in [5, 5.41) is 0. The molecule has 4 heteroatoms. The van der Waals surface area contributed by atoms with Crippen molar-refractivity contribution in [3.05, 3.63) is 53.9 Å². The van der Waals surface area contributed by atoms with E-state index in [0.717, 1.165) is 43.9 Å². The summed E-state index contributed by atoms with van der Waals surface area (Å²) in [6.45, 7) is 6.77. The molecule has 0 radical (unpaired) electrons. The van der Waals surface area contributed by atoms with Crippen LogP contribution >= 0.6 is 0 Å². The van der Waals surface area contributed by atoms with E-state index in [4.69, 9.17) is 0 Å². The van der Waals surface area contributed by atoms with Crippen molar-refractivity contribution in [1.29, 1.82) is 0 Å². The average Bonchev–Trinajstić information content (AvgIpc) is 2.63. The van der Waals surface area contributed by atoms with Gasteiger partial charge in [0.15, 0.2) is 0 Å². The molecule has 1 aliphatic rings. The Kier molecular flexibility index (Phi) is 5.14. The van der Waals surface area contributed by atoms with Crippen LogP contribution in [-0.2, 0) is 0 Å². The highest BCUT2D eigenvalue weighted by Gasteiger charge is 2.19. The zero-order valence-corrected chi connectivity index (χ0v) is 14.5. The van der Waals surface area contributed by atoms with Crippen LogP contribution in [-0.4, -0.2) is 35.4 Å². The van der Waals surface area contributed by atoms with Gasteiger partial charge in [-0.25, -0.2) is 4.98 Å². The molecule has 0 atom stereocenters. The zero-order valence-electron chi connectivity index (χ0n) is 14.5. The molecule has 0 bridgehead atoms. The molecule has 0 saturated carbocycles. The lowest BCUT2D eigenvalue weighted by Gasteiger charge is -2.27. The average molecular weight is 323 g/mol. The number of carbonyl (C=O) groups excluding carboxylic acids is 1. The zero-order chi connectivity index (χ0) is 16.9. The summed E-state index contributed by atoms with van der Waals surface area (Å²) in [4.78, 5) is 21.1. The lowest BCUT2D eigenvalue weighted by atomic mass is 10.1. The fourth-order valence-electron chi connectivity index (χ4n) is 3.24. The Balaban J connectivity index is 1.78. The summed E-state index contributed by atoms with van der Waals surface area (Å²) in [7, 11) is 0. The third-order valence-electron chi connectivity index (χ3n) is 4.55. The summed E-state index contributed by atoms with van der Waals surface area (Å²) in [6, 6.07) is 12.3. The fourth-order valence-corrected chi connectivity index (χ4v) is 3.24. The Labute approximate surface area is 144 Å². The molecule has 2 aromatic rings. The van der Waals surface area contributed by atoms with Crippen molar-refractivity contribution < 1.29 is 4.79 Å². The molecule has 0 spiro atoms. The van der Waals surface area contributed by atoms with Gasteiger partial charge < -0.3 is 9.80 Å². The molecule has 1 fully saturated rings. The van der Waals surface area contributed by atoms with E-state index in [2.05, 4.69) is 48.0 Å². The van der Waals surface area contributed by atoms with E-state index in [1.54, 1.807) is 0 Å². The van der Waals surface area contributed by atoms with Gasteiger partial charge in [-0.1, -0.05) is 12.1 Å². The summed E-state index contributed by atoms with van der Waals surface area (Å²) in [5.41, 5.74) is 3.93. The predicted octanol–water partition coefficient (Wildman–Crippen LogP) is 4.17. The fraction of sp³-hybridized carbons (Fsp3) is 0.400. The van der Waals surface area contributed by atoms with E-state index in [-0.39, 0.29) is 5.91 Å². The van der Waals surface area contributed by atoms with Crippen molar-refractivity contribution in [1.82, 2.24) is 9.88 Å². The minimum Gasteiger partial charge on any atom is -0.341 e. The second-order valence-corrected chi connectivity index (χ2v) is 6.34. The van der Waals surface area contributed by atoms with E-state index in [1.807, 2.05) is 23.2 Å². The number of nitrogens with zero attached hydrogens (tertiary/aromatic N) is 3. The van der Waals surface area contributed by atoms with Gasteiger partial charge in [0.05, 0.1) is 11.9 Å². The van der Waals surface area contributed by atoms with Crippen LogP contribution in [0.4, 0.5) is 11.4 Å². The first-order valence-corrected chi connectivity index (χ1v) is 8.78. The lowest BCUT2D eigenvalue weighted by molar-refractivity contribution is 0.0718. The number of amides is 1. The van der Waals surface area contributed by atoms with Crippen molar-refractivity contribution >= 4 is 17.3 Å².